The lowest BCUT2D eigenvalue weighted by Crippen LogP contribution is -2.09. The van der Waals surface area contributed by atoms with Crippen molar-refractivity contribution in [3.63, 3.8) is 0 Å². The largest absolute Gasteiger partial charge is 0.368 e. The fraction of sp³-hybridized carbons (Fsp3) is 0.286. The molecule has 0 N–H and O–H groups in total. The van der Waals surface area contributed by atoms with Gasteiger partial charge >= 0.3 is 0 Å². The van der Waals surface area contributed by atoms with E-state index in [1.54, 1.807) is 14.1 Å². The summed E-state index contributed by atoms with van der Waals surface area (Å²) < 4.78 is 26.2. The number of nitrogens with zero attached hydrogens (tertiary/aromatic N) is 3. The Morgan fingerprint density at radius 2 is 2.18 bits per heavy atom. The molecule has 1 rings (SSSR count). The van der Waals surface area contributed by atoms with Crippen molar-refractivity contribution in [2.75, 3.05) is 14.1 Å². The summed E-state index contributed by atoms with van der Waals surface area (Å²) >= 11 is 6.16. The van der Waals surface area contributed by atoms with Crippen LogP contribution in [-0.2, 0) is 10.0 Å². The van der Waals surface area contributed by atoms with E-state index in [2.05, 4.69) is 4.40 Å². The van der Waals surface area contributed by atoms with Gasteiger partial charge < -0.3 is 4.90 Å². The van der Waals surface area contributed by atoms with E-state index in [9.17, 15) is 18.5 Å². The highest BCUT2D eigenvalue weighted by Gasteiger charge is 2.24. The summed E-state index contributed by atoms with van der Waals surface area (Å²) in [6.07, 6.45) is 1.09. The van der Waals surface area contributed by atoms with Crippen molar-refractivity contribution in [2.45, 2.75) is 4.21 Å². The van der Waals surface area contributed by atoms with Crippen LogP contribution in [-0.4, -0.2) is 38.7 Å². The third-order valence-corrected chi connectivity index (χ3v) is 4.53. The van der Waals surface area contributed by atoms with Gasteiger partial charge in [0.15, 0.2) is 8.55 Å². The van der Waals surface area contributed by atoms with Crippen molar-refractivity contribution in [1.29, 1.82) is 0 Å². The zero-order chi connectivity index (χ0) is 13.2. The summed E-state index contributed by atoms with van der Waals surface area (Å²) in [6.45, 7) is 0. The SMILES string of the molecule is CN(C)/C=N\S(=O)(=O)c1cc([N+](=O)[O-])c(Cl)s1. The van der Waals surface area contributed by atoms with Gasteiger partial charge in [-0.3, -0.25) is 10.1 Å². The second-order valence-electron chi connectivity index (χ2n) is 3.14. The van der Waals surface area contributed by atoms with Crippen LogP contribution < -0.4 is 0 Å². The Kier molecular flexibility index (Phi) is 4.07. The van der Waals surface area contributed by atoms with Crippen LogP contribution in [0.25, 0.3) is 0 Å². The molecule has 0 amide bonds. The molecule has 0 aliphatic heterocycles. The number of sulfonamides is 1. The van der Waals surface area contributed by atoms with Crippen LogP contribution in [0.15, 0.2) is 14.7 Å². The van der Waals surface area contributed by atoms with Crippen LogP contribution in [0.3, 0.4) is 0 Å². The van der Waals surface area contributed by atoms with Gasteiger partial charge in [-0.15, -0.1) is 15.7 Å². The van der Waals surface area contributed by atoms with Gasteiger partial charge in [-0.1, -0.05) is 11.6 Å². The highest BCUT2D eigenvalue weighted by atomic mass is 35.5. The maximum Gasteiger partial charge on any atom is 0.300 e. The minimum atomic E-state index is -3.93. The number of halogens is 1. The Hall–Kier alpha value is -1.19. The molecule has 0 fully saturated rings. The fourth-order valence-electron chi connectivity index (χ4n) is 0.798. The van der Waals surface area contributed by atoms with Crippen LogP contribution in [0.1, 0.15) is 0 Å². The molecular formula is C7H8ClN3O4S2. The van der Waals surface area contributed by atoms with E-state index in [0.29, 0.717) is 11.3 Å². The summed E-state index contributed by atoms with van der Waals surface area (Å²) in [7, 11) is -0.733. The summed E-state index contributed by atoms with van der Waals surface area (Å²) in [5, 5.41) is 10.5. The van der Waals surface area contributed by atoms with E-state index in [1.807, 2.05) is 0 Å². The van der Waals surface area contributed by atoms with Crippen molar-refractivity contribution in [1.82, 2.24) is 4.90 Å². The monoisotopic (exact) mass is 297 g/mol. The van der Waals surface area contributed by atoms with Crippen LogP contribution >= 0.6 is 22.9 Å². The smallest absolute Gasteiger partial charge is 0.300 e. The molecule has 0 aliphatic rings. The van der Waals surface area contributed by atoms with E-state index in [-0.39, 0.29) is 8.55 Å². The topological polar surface area (TPSA) is 92.9 Å². The summed E-state index contributed by atoms with van der Waals surface area (Å²) in [6, 6.07) is 0.898. The average Bonchev–Trinajstić information content (AvgIpc) is 2.58. The summed E-state index contributed by atoms with van der Waals surface area (Å²) in [5.74, 6) is 0. The highest BCUT2D eigenvalue weighted by molar-refractivity contribution is 7.92. The second-order valence-corrected chi connectivity index (χ2v) is 6.65. The molecule has 0 saturated carbocycles. The summed E-state index contributed by atoms with van der Waals surface area (Å²) in [4.78, 5) is 11.2. The third kappa shape index (κ3) is 3.38. The van der Waals surface area contributed by atoms with Crippen LogP contribution in [0.4, 0.5) is 5.69 Å². The second kappa shape index (κ2) is 4.98. The highest BCUT2D eigenvalue weighted by Crippen LogP contribution is 2.36. The van der Waals surface area contributed by atoms with Crippen LogP contribution in [0.5, 0.6) is 0 Å². The van der Waals surface area contributed by atoms with Gasteiger partial charge in [0.2, 0.25) is 0 Å². The third-order valence-electron chi connectivity index (χ3n) is 1.51. The Morgan fingerprint density at radius 1 is 1.59 bits per heavy atom. The molecule has 0 aromatic carbocycles. The van der Waals surface area contributed by atoms with Gasteiger partial charge in [-0.25, -0.2) is 0 Å². The Labute approximate surface area is 107 Å². The molecule has 0 spiro atoms. The molecule has 1 aromatic rings. The van der Waals surface area contributed by atoms with Crippen molar-refractivity contribution >= 4 is 45.0 Å². The first-order valence-corrected chi connectivity index (χ1v) is 6.78. The zero-order valence-corrected chi connectivity index (χ0v) is 11.2. The van der Waals surface area contributed by atoms with Gasteiger partial charge in [0.1, 0.15) is 6.34 Å². The average molecular weight is 298 g/mol. The van der Waals surface area contributed by atoms with Crippen LogP contribution in [0.2, 0.25) is 4.34 Å². The zero-order valence-electron chi connectivity index (χ0n) is 8.82. The first-order chi connectivity index (χ1) is 7.74. The molecular weight excluding hydrogens is 290 g/mol. The molecule has 1 aromatic heterocycles. The van der Waals surface area contributed by atoms with E-state index in [1.165, 1.54) is 4.90 Å². The van der Waals surface area contributed by atoms with E-state index < -0.39 is 20.6 Å². The molecule has 0 radical (unpaired) electrons. The standard InChI is InChI=1S/C7H8ClN3O4S2/c1-10(2)4-9-17(14,15)6-3-5(11(12)13)7(8)16-6/h3-4H,1-2H3/b9-4-. The molecule has 0 unspecified atom stereocenters. The van der Waals surface area contributed by atoms with E-state index >= 15 is 0 Å². The predicted molar refractivity (Wildman–Crippen MR) is 65.3 cm³/mol. The quantitative estimate of drug-likeness (QED) is 0.364. The molecule has 1 heterocycles. The summed E-state index contributed by atoms with van der Waals surface area (Å²) in [5.41, 5.74) is -0.435. The van der Waals surface area contributed by atoms with Gasteiger partial charge in [0.05, 0.1) is 4.92 Å². The molecule has 0 aliphatic carbocycles. The Bertz CT molecular complexity index is 564. The first kappa shape index (κ1) is 13.9. The molecule has 0 saturated heterocycles. The number of rotatable bonds is 4. The lowest BCUT2D eigenvalue weighted by molar-refractivity contribution is -0.384. The number of hydrogen-bond acceptors (Lipinski definition) is 5. The van der Waals surface area contributed by atoms with E-state index in [4.69, 9.17) is 11.6 Å². The minimum Gasteiger partial charge on any atom is -0.368 e. The maximum atomic E-state index is 11.6. The van der Waals surface area contributed by atoms with Crippen molar-refractivity contribution < 1.29 is 13.3 Å². The van der Waals surface area contributed by atoms with Crippen molar-refractivity contribution in [3.8, 4) is 0 Å². The molecule has 0 atom stereocenters. The molecule has 0 bridgehead atoms. The molecule has 10 heteroatoms. The van der Waals surface area contributed by atoms with Gasteiger partial charge in [-0.2, -0.15) is 8.42 Å². The normalized spacial score (nSPS) is 11.9. The van der Waals surface area contributed by atoms with Crippen LogP contribution in [0, 0.1) is 10.1 Å². The predicted octanol–water partition coefficient (Wildman–Crippen LogP) is 1.59. The minimum absolute atomic E-state index is 0.186. The van der Waals surface area contributed by atoms with E-state index in [0.717, 1.165) is 12.4 Å². The van der Waals surface area contributed by atoms with Gasteiger partial charge in [0.25, 0.3) is 15.7 Å². The lowest BCUT2D eigenvalue weighted by Gasteiger charge is -2.01. The molecule has 7 nitrogen and oxygen atoms in total. The first-order valence-electron chi connectivity index (χ1n) is 4.14. The fourth-order valence-corrected chi connectivity index (χ4v) is 3.37. The Morgan fingerprint density at radius 3 is 2.59 bits per heavy atom. The van der Waals surface area contributed by atoms with Crippen molar-refractivity contribution in [3.05, 3.63) is 20.5 Å². The Balaban J connectivity index is 3.17. The number of thiophene rings is 1. The van der Waals surface area contributed by atoms with Gasteiger partial charge in [0, 0.05) is 20.2 Å². The maximum absolute atomic E-state index is 11.6. The van der Waals surface area contributed by atoms with Crippen molar-refractivity contribution in [2.24, 2.45) is 4.40 Å². The molecule has 94 valence electrons. The number of nitro groups is 1. The molecule has 17 heavy (non-hydrogen) atoms. The number of hydrogen-bond donors (Lipinski definition) is 0. The van der Waals surface area contributed by atoms with Gasteiger partial charge in [-0.05, 0) is 0 Å². The lowest BCUT2D eigenvalue weighted by atomic mass is 10.6.